The number of unbranched alkanes of at least 4 members (excludes halogenated alkanes) is 1. The highest BCUT2D eigenvalue weighted by Crippen LogP contribution is 2.37. The van der Waals surface area contributed by atoms with Crippen LogP contribution in [0.4, 0.5) is 0 Å². The molecule has 5 aromatic rings. The van der Waals surface area contributed by atoms with Gasteiger partial charge in [0, 0.05) is 47.4 Å². The Kier molecular flexibility index (Phi) is 8.90. The number of fused-ring (bicyclic) bond motifs is 4. The topological polar surface area (TPSA) is 127 Å². The summed E-state index contributed by atoms with van der Waals surface area (Å²) in [6.45, 7) is 5.58. The predicted octanol–water partition coefficient (Wildman–Crippen LogP) is 5.80. The van der Waals surface area contributed by atoms with Gasteiger partial charge in [-0.15, -0.1) is 21.5 Å². The number of aryl methyl sites for hydroxylation is 2. The molecule has 1 saturated heterocycles. The number of aromatic nitrogens is 5. The first-order valence-corrected chi connectivity index (χ1v) is 18.3. The largest absolute Gasteiger partial charge is 0.336 e. The number of carbonyl (C=O) groups excluding carboxylic acids is 3. The molecule has 3 amide bonds. The molecule has 0 spiro atoms. The lowest BCUT2D eigenvalue weighted by atomic mass is 10.00. The Labute approximate surface area is 309 Å². The summed E-state index contributed by atoms with van der Waals surface area (Å²) in [6.07, 6.45) is 10.2. The summed E-state index contributed by atoms with van der Waals surface area (Å²) in [5.74, 6) is 7.37. The molecular formula is C39H33ClN8O3S. The second kappa shape index (κ2) is 13.8. The standard InChI is InChI=1S/C39H33ClN8O3S/c1-23-32(52-39-35(23)36(26-10-12-27(40)13-11-26)41-19-33-45-44-24(2)48(33)39)16-14-28-20-46(22-42-28)18-5-3-4-7-25-8-6-9-29-30(25)21-47(38(29)51)31-15-17-34(49)43-37(31)50/h4,6-13,20,22,31H,3,5,15,17-19,21H2,1-2H3,(H,43,49,50)/b7-4+. The minimum absolute atomic E-state index is 0.167. The van der Waals surface area contributed by atoms with Crippen LogP contribution in [0.5, 0.6) is 0 Å². The molecule has 1 unspecified atom stereocenters. The lowest BCUT2D eigenvalue weighted by Gasteiger charge is -2.29. The summed E-state index contributed by atoms with van der Waals surface area (Å²) in [4.78, 5) is 49.2. The van der Waals surface area contributed by atoms with Crippen molar-refractivity contribution in [2.24, 2.45) is 4.99 Å². The number of allylic oxidation sites excluding steroid dienone is 1. The molecule has 1 atom stereocenters. The minimum atomic E-state index is -0.627. The van der Waals surface area contributed by atoms with Gasteiger partial charge < -0.3 is 9.47 Å². The molecule has 260 valence electrons. The second-order valence-electron chi connectivity index (χ2n) is 13.0. The maximum absolute atomic E-state index is 13.1. The monoisotopic (exact) mass is 728 g/mol. The summed E-state index contributed by atoms with van der Waals surface area (Å²) in [5, 5.41) is 12.7. The van der Waals surface area contributed by atoms with Crippen LogP contribution in [-0.2, 0) is 29.2 Å². The SMILES string of the molecule is Cc1c(C#Cc2cn(CCC/C=C/c3cccc4c3CN(C3CCC(=O)NC3=O)C4=O)cn2)sc2c1C(c1ccc(Cl)cc1)=NCc1nnc(C)n1-2. The fourth-order valence-electron chi connectivity index (χ4n) is 6.93. The number of amides is 3. The first-order chi connectivity index (χ1) is 25.2. The average Bonchev–Trinajstić information content (AvgIpc) is 3.88. The van der Waals surface area contributed by atoms with E-state index in [1.165, 1.54) is 0 Å². The zero-order chi connectivity index (χ0) is 35.9. The molecular weight excluding hydrogens is 696 g/mol. The second-order valence-corrected chi connectivity index (χ2v) is 14.4. The van der Waals surface area contributed by atoms with Crippen molar-refractivity contribution in [3.63, 3.8) is 0 Å². The molecule has 0 radical (unpaired) electrons. The summed E-state index contributed by atoms with van der Waals surface area (Å²) >= 11 is 7.80. The van der Waals surface area contributed by atoms with Gasteiger partial charge in [-0.3, -0.25) is 29.3 Å². The molecule has 13 heteroatoms. The van der Waals surface area contributed by atoms with Gasteiger partial charge in [-0.1, -0.05) is 48.0 Å². The lowest BCUT2D eigenvalue weighted by Crippen LogP contribution is -2.52. The Morgan fingerprint density at radius 3 is 2.75 bits per heavy atom. The Balaban J connectivity index is 0.932. The smallest absolute Gasteiger partial charge is 0.255 e. The molecule has 52 heavy (non-hydrogen) atoms. The van der Waals surface area contributed by atoms with E-state index in [1.54, 1.807) is 22.3 Å². The number of benzene rings is 2. The highest BCUT2D eigenvalue weighted by molar-refractivity contribution is 7.15. The molecule has 0 bridgehead atoms. The van der Waals surface area contributed by atoms with Crippen molar-refractivity contribution in [1.29, 1.82) is 0 Å². The van der Waals surface area contributed by atoms with Crippen molar-refractivity contribution in [3.05, 3.63) is 122 Å². The van der Waals surface area contributed by atoms with Crippen LogP contribution in [0.25, 0.3) is 11.1 Å². The normalized spacial score (nSPS) is 16.6. The van der Waals surface area contributed by atoms with Gasteiger partial charge in [-0.2, -0.15) is 0 Å². The maximum Gasteiger partial charge on any atom is 0.255 e. The molecule has 0 saturated carbocycles. The predicted molar refractivity (Wildman–Crippen MR) is 198 cm³/mol. The van der Waals surface area contributed by atoms with Gasteiger partial charge in [0.15, 0.2) is 5.82 Å². The van der Waals surface area contributed by atoms with E-state index in [9.17, 15) is 14.4 Å². The molecule has 3 aliphatic heterocycles. The fourth-order valence-corrected chi connectivity index (χ4v) is 8.29. The van der Waals surface area contributed by atoms with Crippen LogP contribution >= 0.6 is 22.9 Å². The van der Waals surface area contributed by atoms with Crippen molar-refractivity contribution >= 4 is 52.4 Å². The van der Waals surface area contributed by atoms with E-state index in [4.69, 9.17) is 16.6 Å². The zero-order valence-electron chi connectivity index (χ0n) is 28.5. The van der Waals surface area contributed by atoms with E-state index in [0.29, 0.717) is 35.8 Å². The maximum atomic E-state index is 13.1. The molecule has 8 rings (SSSR count). The Morgan fingerprint density at radius 2 is 1.92 bits per heavy atom. The van der Waals surface area contributed by atoms with Crippen LogP contribution in [0.3, 0.4) is 0 Å². The van der Waals surface area contributed by atoms with Gasteiger partial charge in [-0.25, -0.2) is 4.98 Å². The van der Waals surface area contributed by atoms with Crippen molar-refractivity contribution in [1.82, 2.24) is 34.5 Å². The molecule has 1 fully saturated rings. The van der Waals surface area contributed by atoms with E-state index in [2.05, 4.69) is 49.9 Å². The number of thiophene rings is 1. The molecule has 0 aliphatic carbocycles. The third-order valence-corrected chi connectivity index (χ3v) is 11.0. The van der Waals surface area contributed by atoms with Gasteiger partial charge in [0.05, 0.1) is 16.9 Å². The minimum Gasteiger partial charge on any atom is -0.336 e. The van der Waals surface area contributed by atoms with E-state index >= 15 is 0 Å². The number of piperidine rings is 1. The number of imide groups is 1. The van der Waals surface area contributed by atoms with Gasteiger partial charge >= 0.3 is 0 Å². The van der Waals surface area contributed by atoms with Gasteiger partial charge in [-0.05, 0) is 79.8 Å². The van der Waals surface area contributed by atoms with E-state index in [-0.39, 0.29) is 18.2 Å². The molecule has 2 aromatic carbocycles. The summed E-state index contributed by atoms with van der Waals surface area (Å²) in [5.41, 5.74) is 7.11. The van der Waals surface area contributed by atoms with E-state index < -0.39 is 11.9 Å². The van der Waals surface area contributed by atoms with Crippen molar-refractivity contribution in [2.45, 2.75) is 65.2 Å². The number of imidazole rings is 1. The van der Waals surface area contributed by atoms with Crippen LogP contribution in [0, 0.1) is 25.7 Å². The van der Waals surface area contributed by atoms with Crippen molar-refractivity contribution in [3.8, 4) is 16.8 Å². The molecule has 11 nitrogen and oxygen atoms in total. The quantitative estimate of drug-likeness (QED) is 0.128. The summed E-state index contributed by atoms with van der Waals surface area (Å²) in [6, 6.07) is 12.8. The average molecular weight is 729 g/mol. The number of hydrogen-bond acceptors (Lipinski definition) is 8. The number of carbonyl (C=O) groups is 3. The Bertz CT molecular complexity index is 2390. The third-order valence-electron chi connectivity index (χ3n) is 9.60. The fraction of sp³-hybridized carbons (Fsp3) is 0.256. The number of nitrogens with one attached hydrogen (secondary N) is 1. The van der Waals surface area contributed by atoms with E-state index in [0.717, 1.165) is 74.4 Å². The highest BCUT2D eigenvalue weighted by Gasteiger charge is 2.39. The first-order valence-electron chi connectivity index (χ1n) is 17.1. The van der Waals surface area contributed by atoms with Crippen molar-refractivity contribution in [2.75, 3.05) is 0 Å². The number of aliphatic imine (C=N–C) groups is 1. The highest BCUT2D eigenvalue weighted by atomic mass is 35.5. The first kappa shape index (κ1) is 33.5. The van der Waals surface area contributed by atoms with Gasteiger partial charge in [0.25, 0.3) is 5.91 Å². The van der Waals surface area contributed by atoms with Gasteiger partial charge in [0.1, 0.15) is 29.1 Å². The zero-order valence-corrected chi connectivity index (χ0v) is 30.1. The summed E-state index contributed by atoms with van der Waals surface area (Å²) < 4.78 is 4.12. The molecule has 3 aromatic heterocycles. The van der Waals surface area contributed by atoms with Crippen LogP contribution < -0.4 is 5.32 Å². The molecule has 3 aliphatic rings. The number of halogens is 1. The van der Waals surface area contributed by atoms with Crippen LogP contribution in [0.15, 0.2) is 66.1 Å². The third kappa shape index (κ3) is 6.27. The van der Waals surface area contributed by atoms with Crippen LogP contribution in [-0.4, -0.2) is 58.7 Å². The summed E-state index contributed by atoms with van der Waals surface area (Å²) in [7, 11) is 0. The van der Waals surface area contributed by atoms with E-state index in [1.807, 2.05) is 66.5 Å². The molecule has 6 heterocycles. The molecule has 1 N–H and O–H groups in total. The number of rotatable bonds is 7. The Hall–Kier alpha value is -5.64. The van der Waals surface area contributed by atoms with Crippen molar-refractivity contribution < 1.29 is 14.4 Å². The Morgan fingerprint density at radius 1 is 1.08 bits per heavy atom. The van der Waals surface area contributed by atoms with Gasteiger partial charge in [0.2, 0.25) is 11.8 Å². The number of nitrogens with zero attached hydrogens (tertiary/aromatic N) is 7. The lowest BCUT2D eigenvalue weighted by molar-refractivity contribution is -0.136. The van der Waals surface area contributed by atoms with Crippen LogP contribution in [0.2, 0.25) is 5.02 Å². The number of hydrogen-bond donors (Lipinski definition) is 1. The van der Waals surface area contributed by atoms with Crippen LogP contribution in [0.1, 0.15) is 86.1 Å².